The smallest absolute Gasteiger partial charge is 0.319 e. The largest absolute Gasteiger partial charge is 0.409 e. The van der Waals surface area contributed by atoms with Crippen molar-refractivity contribution in [3.05, 3.63) is 29.8 Å². The Morgan fingerprint density at radius 1 is 1.35 bits per heavy atom. The molecular formula is C11H14N4O2. The summed E-state index contributed by atoms with van der Waals surface area (Å²) in [5.74, 6) is 0.0407. The maximum absolute atomic E-state index is 11.4. The normalized spacial score (nSPS) is 15.4. The molecule has 2 amide bonds. The zero-order valence-corrected chi connectivity index (χ0v) is 9.18. The van der Waals surface area contributed by atoms with E-state index in [1.807, 2.05) is 0 Å². The molecule has 0 aromatic heterocycles. The van der Waals surface area contributed by atoms with E-state index < -0.39 is 0 Å². The summed E-state index contributed by atoms with van der Waals surface area (Å²) in [6, 6.07) is 6.85. The Morgan fingerprint density at radius 2 is 2.00 bits per heavy atom. The number of nitrogens with zero attached hydrogens (tertiary/aromatic N) is 1. The van der Waals surface area contributed by atoms with Crippen LogP contribution in [0.15, 0.2) is 29.4 Å². The van der Waals surface area contributed by atoms with Crippen LogP contribution in [0.2, 0.25) is 0 Å². The lowest BCUT2D eigenvalue weighted by Crippen LogP contribution is -2.30. The SMILES string of the molecule is NC(=NO)c1ccc(NC(=O)NC2CC2)cc1. The molecule has 0 heterocycles. The molecule has 1 aliphatic rings. The number of amidine groups is 1. The average molecular weight is 234 g/mol. The molecule has 6 nitrogen and oxygen atoms in total. The van der Waals surface area contributed by atoms with Crippen molar-refractivity contribution in [2.45, 2.75) is 18.9 Å². The number of amides is 2. The average Bonchev–Trinajstić information content (AvgIpc) is 3.12. The minimum Gasteiger partial charge on any atom is -0.409 e. The van der Waals surface area contributed by atoms with Gasteiger partial charge in [0, 0.05) is 17.3 Å². The van der Waals surface area contributed by atoms with E-state index in [1.165, 1.54) is 0 Å². The van der Waals surface area contributed by atoms with Gasteiger partial charge in [0.25, 0.3) is 0 Å². The van der Waals surface area contributed by atoms with E-state index in [0.29, 0.717) is 17.3 Å². The van der Waals surface area contributed by atoms with E-state index in [0.717, 1.165) is 12.8 Å². The third-order valence-corrected chi connectivity index (χ3v) is 2.46. The first-order valence-corrected chi connectivity index (χ1v) is 5.34. The van der Waals surface area contributed by atoms with Crippen LogP contribution >= 0.6 is 0 Å². The zero-order valence-electron chi connectivity index (χ0n) is 9.18. The first kappa shape index (κ1) is 11.3. The molecule has 1 aliphatic carbocycles. The molecule has 5 N–H and O–H groups in total. The molecule has 0 aliphatic heterocycles. The Hall–Kier alpha value is -2.24. The third kappa shape index (κ3) is 3.10. The lowest BCUT2D eigenvalue weighted by molar-refractivity contribution is 0.251. The summed E-state index contributed by atoms with van der Waals surface area (Å²) in [4.78, 5) is 11.4. The summed E-state index contributed by atoms with van der Waals surface area (Å²) in [6.45, 7) is 0. The van der Waals surface area contributed by atoms with Crippen molar-refractivity contribution < 1.29 is 10.0 Å². The van der Waals surface area contributed by atoms with Crippen molar-refractivity contribution in [1.29, 1.82) is 0 Å². The van der Waals surface area contributed by atoms with Crippen LogP contribution in [-0.2, 0) is 0 Å². The lowest BCUT2D eigenvalue weighted by Gasteiger charge is -2.07. The van der Waals surface area contributed by atoms with Gasteiger partial charge in [0.15, 0.2) is 5.84 Å². The van der Waals surface area contributed by atoms with E-state index in [9.17, 15) is 4.79 Å². The van der Waals surface area contributed by atoms with Crippen LogP contribution in [0.1, 0.15) is 18.4 Å². The molecule has 0 radical (unpaired) electrons. The Morgan fingerprint density at radius 3 is 2.53 bits per heavy atom. The summed E-state index contributed by atoms with van der Waals surface area (Å²) < 4.78 is 0. The topological polar surface area (TPSA) is 99.7 Å². The lowest BCUT2D eigenvalue weighted by atomic mass is 10.2. The highest BCUT2D eigenvalue weighted by atomic mass is 16.4. The fourth-order valence-corrected chi connectivity index (χ4v) is 1.36. The van der Waals surface area contributed by atoms with Crippen molar-refractivity contribution in [2.24, 2.45) is 10.9 Å². The first-order valence-electron chi connectivity index (χ1n) is 5.34. The molecule has 1 aromatic carbocycles. The standard InChI is InChI=1S/C11H14N4O2/c12-10(15-17)7-1-3-8(4-2-7)13-11(16)14-9-5-6-9/h1-4,9,17H,5-6H2,(H2,12,15)(H2,13,14,16). The molecular weight excluding hydrogens is 220 g/mol. The van der Waals surface area contributed by atoms with Gasteiger partial charge in [-0.3, -0.25) is 0 Å². The van der Waals surface area contributed by atoms with Crippen molar-refractivity contribution in [2.75, 3.05) is 5.32 Å². The summed E-state index contributed by atoms with van der Waals surface area (Å²) in [5, 5.41) is 16.9. The number of carbonyl (C=O) groups excluding carboxylic acids is 1. The maximum Gasteiger partial charge on any atom is 0.319 e. The van der Waals surface area contributed by atoms with Gasteiger partial charge in [0.2, 0.25) is 0 Å². The molecule has 0 bridgehead atoms. The van der Waals surface area contributed by atoms with Crippen LogP contribution < -0.4 is 16.4 Å². The van der Waals surface area contributed by atoms with Crippen LogP contribution in [0.5, 0.6) is 0 Å². The maximum atomic E-state index is 11.4. The Bertz CT molecular complexity index is 437. The van der Waals surface area contributed by atoms with Gasteiger partial charge in [0.05, 0.1) is 0 Å². The predicted molar refractivity (Wildman–Crippen MR) is 64.1 cm³/mol. The molecule has 17 heavy (non-hydrogen) atoms. The van der Waals surface area contributed by atoms with E-state index in [4.69, 9.17) is 10.9 Å². The van der Waals surface area contributed by atoms with E-state index >= 15 is 0 Å². The van der Waals surface area contributed by atoms with Crippen LogP contribution in [0.4, 0.5) is 10.5 Å². The van der Waals surface area contributed by atoms with Gasteiger partial charge < -0.3 is 21.6 Å². The van der Waals surface area contributed by atoms with E-state index in [2.05, 4.69) is 15.8 Å². The second-order valence-electron chi connectivity index (χ2n) is 3.94. The Balaban J connectivity index is 1.95. The molecule has 0 spiro atoms. The quantitative estimate of drug-likeness (QED) is 0.272. The van der Waals surface area contributed by atoms with Gasteiger partial charge in [-0.15, -0.1) is 0 Å². The van der Waals surface area contributed by atoms with Crippen LogP contribution in [0, 0.1) is 0 Å². The number of nitrogens with one attached hydrogen (secondary N) is 2. The predicted octanol–water partition coefficient (Wildman–Crippen LogP) is 1.06. The van der Waals surface area contributed by atoms with Crippen molar-refractivity contribution in [1.82, 2.24) is 5.32 Å². The number of oxime groups is 1. The second kappa shape index (κ2) is 4.73. The number of benzene rings is 1. The molecule has 2 rings (SSSR count). The van der Waals surface area contributed by atoms with E-state index in [1.54, 1.807) is 24.3 Å². The molecule has 1 aromatic rings. The van der Waals surface area contributed by atoms with Gasteiger partial charge in [0.1, 0.15) is 0 Å². The number of hydrogen-bond donors (Lipinski definition) is 4. The summed E-state index contributed by atoms with van der Waals surface area (Å²) >= 11 is 0. The minimum absolute atomic E-state index is 0.0407. The number of hydrogen-bond acceptors (Lipinski definition) is 3. The van der Waals surface area contributed by atoms with Crippen molar-refractivity contribution in [3.63, 3.8) is 0 Å². The van der Waals surface area contributed by atoms with Crippen LogP contribution in [0.25, 0.3) is 0 Å². The minimum atomic E-state index is -0.205. The highest BCUT2D eigenvalue weighted by Gasteiger charge is 2.23. The van der Waals surface area contributed by atoms with Gasteiger partial charge in [-0.05, 0) is 37.1 Å². The zero-order chi connectivity index (χ0) is 12.3. The number of rotatable bonds is 3. The van der Waals surface area contributed by atoms with Crippen molar-refractivity contribution >= 4 is 17.6 Å². The number of carbonyl (C=O) groups is 1. The Kier molecular flexibility index (Phi) is 3.13. The highest BCUT2D eigenvalue weighted by molar-refractivity contribution is 5.97. The monoisotopic (exact) mass is 234 g/mol. The van der Waals surface area contributed by atoms with Gasteiger partial charge in [-0.1, -0.05) is 5.16 Å². The molecule has 1 fully saturated rings. The third-order valence-electron chi connectivity index (χ3n) is 2.46. The summed E-state index contributed by atoms with van der Waals surface area (Å²) in [6.07, 6.45) is 2.10. The highest BCUT2D eigenvalue weighted by Crippen LogP contribution is 2.18. The molecule has 0 unspecified atom stereocenters. The molecule has 1 saturated carbocycles. The summed E-state index contributed by atoms with van der Waals surface area (Å²) in [5.41, 5.74) is 6.68. The van der Waals surface area contributed by atoms with Gasteiger partial charge >= 0.3 is 6.03 Å². The molecule has 6 heteroatoms. The number of anilines is 1. The van der Waals surface area contributed by atoms with Gasteiger partial charge in [-0.2, -0.15) is 0 Å². The van der Waals surface area contributed by atoms with Crippen LogP contribution in [0.3, 0.4) is 0 Å². The van der Waals surface area contributed by atoms with Crippen molar-refractivity contribution in [3.8, 4) is 0 Å². The first-order chi connectivity index (χ1) is 8.19. The summed E-state index contributed by atoms with van der Waals surface area (Å²) in [7, 11) is 0. The fraction of sp³-hybridized carbons (Fsp3) is 0.273. The second-order valence-corrected chi connectivity index (χ2v) is 3.94. The molecule has 90 valence electrons. The van der Waals surface area contributed by atoms with Gasteiger partial charge in [-0.25, -0.2) is 4.79 Å². The van der Waals surface area contributed by atoms with E-state index in [-0.39, 0.29) is 11.9 Å². The molecule has 0 atom stereocenters. The molecule has 0 saturated heterocycles. The number of nitrogens with two attached hydrogens (primary N) is 1. The fourth-order valence-electron chi connectivity index (χ4n) is 1.36. The number of urea groups is 1. The van der Waals surface area contributed by atoms with Crippen LogP contribution in [-0.4, -0.2) is 23.1 Å². The Labute approximate surface area is 98.5 Å².